The molecule has 0 unspecified atom stereocenters. The van der Waals surface area contributed by atoms with Crippen LogP contribution in [0.3, 0.4) is 0 Å². The van der Waals surface area contributed by atoms with Crippen molar-refractivity contribution in [3.63, 3.8) is 0 Å². The number of thioether (sulfide) groups is 1. The van der Waals surface area contributed by atoms with Crippen molar-refractivity contribution in [2.75, 3.05) is 12.4 Å². The first kappa shape index (κ1) is 12.0. The predicted molar refractivity (Wildman–Crippen MR) is 59.0 cm³/mol. The van der Waals surface area contributed by atoms with Crippen LogP contribution in [0.2, 0.25) is 0 Å². The van der Waals surface area contributed by atoms with E-state index < -0.39 is 11.9 Å². The van der Waals surface area contributed by atoms with E-state index in [1.807, 2.05) is 0 Å². The molecular formula is C10H11NO5S. The van der Waals surface area contributed by atoms with E-state index >= 15 is 0 Å². The van der Waals surface area contributed by atoms with Crippen LogP contribution < -0.4 is 0 Å². The largest absolute Gasteiger partial charge is 0.477 e. The van der Waals surface area contributed by atoms with Crippen LogP contribution in [-0.4, -0.2) is 45.6 Å². The van der Waals surface area contributed by atoms with E-state index in [4.69, 9.17) is 9.84 Å². The van der Waals surface area contributed by atoms with Crippen molar-refractivity contribution < 1.29 is 24.2 Å². The number of carboxylic acids is 1. The fraction of sp³-hybridized carbons (Fsp3) is 0.500. The molecular weight excluding hydrogens is 246 g/mol. The van der Waals surface area contributed by atoms with E-state index in [2.05, 4.69) is 0 Å². The van der Waals surface area contributed by atoms with Gasteiger partial charge in [0.25, 0.3) is 0 Å². The van der Waals surface area contributed by atoms with Gasteiger partial charge >= 0.3 is 11.9 Å². The lowest BCUT2D eigenvalue weighted by Gasteiger charge is -2.43. The summed E-state index contributed by atoms with van der Waals surface area (Å²) in [6.07, 6.45) is 0.377. The van der Waals surface area contributed by atoms with Gasteiger partial charge in [0, 0.05) is 18.2 Å². The van der Waals surface area contributed by atoms with Crippen LogP contribution >= 0.6 is 11.8 Å². The number of carbonyl (C=O) groups is 3. The van der Waals surface area contributed by atoms with Gasteiger partial charge in [-0.25, -0.2) is 4.79 Å². The molecule has 1 saturated heterocycles. The average molecular weight is 257 g/mol. The number of aliphatic carboxylic acids is 1. The minimum Gasteiger partial charge on any atom is -0.477 e. The lowest BCUT2D eigenvalue weighted by Crippen LogP contribution is -2.54. The molecule has 0 radical (unpaired) electrons. The smallest absolute Gasteiger partial charge is 0.352 e. The summed E-state index contributed by atoms with van der Waals surface area (Å²) >= 11 is 1.49. The van der Waals surface area contributed by atoms with Crippen molar-refractivity contribution in [3.8, 4) is 0 Å². The second-order valence-corrected chi connectivity index (χ2v) is 4.94. The minimum absolute atomic E-state index is 0.0220. The number of β-lactam (4-membered cyclic amide) rings is 1. The third-order valence-electron chi connectivity index (χ3n) is 2.58. The van der Waals surface area contributed by atoms with Crippen molar-refractivity contribution in [3.05, 3.63) is 11.3 Å². The molecule has 0 aromatic rings. The van der Waals surface area contributed by atoms with Gasteiger partial charge in [0.05, 0.1) is 11.8 Å². The maximum atomic E-state index is 11.4. The highest BCUT2D eigenvalue weighted by atomic mass is 32.2. The Bertz CT molecular complexity index is 430. The number of ether oxygens (including phenoxy) is 1. The van der Waals surface area contributed by atoms with Gasteiger partial charge in [-0.1, -0.05) is 0 Å². The molecule has 2 rings (SSSR count). The number of amides is 1. The van der Waals surface area contributed by atoms with Crippen LogP contribution in [0.15, 0.2) is 11.3 Å². The van der Waals surface area contributed by atoms with Gasteiger partial charge in [0.1, 0.15) is 12.3 Å². The third-order valence-corrected chi connectivity index (χ3v) is 3.86. The molecule has 7 heteroatoms. The highest BCUT2D eigenvalue weighted by molar-refractivity contribution is 8.00. The summed E-state index contributed by atoms with van der Waals surface area (Å²) in [4.78, 5) is 34.5. The Kier molecular flexibility index (Phi) is 3.10. The molecule has 0 bridgehead atoms. The number of hydrogen-bond donors (Lipinski definition) is 1. The van der Waals surface area contributed by atoms with Crippen LogP contribution in [0.5, 0.6) is 0 Å². The fourth-order valence-electron chi connectivity index (χ4n) is 1.78. The summed E-state index contributed by atoms with van der Waals surface area (Å²) < 4.78 is 4.79. The number of carboxylic acid groups (broad SMARTS) is 1. The average Bonchev–Trinajstić information content (AvgIpc) is 2.24. The van der Waals surface area contributed by atoms with Crippen molar-refractivity contribution >= 4 is 29.6 Å². The third kappa shape index (κ3) is 2.14. The SMILES string of the molecule is CC(=O)OCC1=C(C(=O)O)N2C(=O)C[C@@H]2SC1. The highest BCUT2D eigenvalue weighted by Crippen LogP contribution is 2.39. The van der Waals surface area contributed by atoms with E-state index in [0.717, 1.165) is 0 Å². The van der Waals surface area contributed by atoms with Crippen molar-refractivity contribution in [1.82, 2.24) is 4.90 Å². The number of nitrogens with zero attached hydrogens (tertiary/aromatic N) is 1. The number of esters is 1. The molecule has 1 amide bonds. The van der Waals surface area contributed by atoms with E-state index in [0.29, 0.717) is 17.7 Å². The first-order valence-electron chi connectivity index (χ1n) is 5.03. The molecule has 2 heterocycles. The van der Waals surface area contributed by atoms with E-state index in [9.17, 15) is 14.4 Å². The van der Waals surface area contributed by atoms with Crippen LogP contribution in [0, 0.1) is 0 Å². The van der Waals surface area contributed by atoms with E-state index in [1.165, 1.54) is 23.6 Å². The monoisotopic (exact) mass is 257 g/mol. The van der Waals surface area contributed by atoms with Gasteiger partial charge in [0.2, 0.25) is 5.91 Å². The summed E-state index contributed by atoms with van der Waals surface area (Å²) in [7, 11) is 0. The lowest BCUT2D eigenvalue weighted by molar-refractivity contribution is -0.146. The summed E-state index contributed by atoms with van der Waals surface area (Å²) in [5.74, 6) is -1.33. The molecule has 6 nitrogen and oxygen atoms in total. The molecule has 0 aliphatic carbocycles. The van der Waals surface area contributed by atoms with Crippen LogP contribution in [0.4, 0.5) is 0 Å². The van der Waals surface area contributed by atoms with Crippen molar-refractivity contribution in [2.24, 2.45) is 0 Å². The van der Waals surface area contributed by atoms with Gasteiger partial charge in [0.15, 0.2) is 0 Å². The second kappa shape index (κ2) is 4.40. The Morgan fingerprint density at radius 3 is 2.82 bits per heavy atom. The Balaban J connectivity index is 2.23. The number of fused-ring (bicyclic) bond motifs is 1. The number of carbonyl (C=O) groups excluding carboxylic acids is 2. The molecule has 0 saturated carbocycles. The van der Waals surface area contributed by atoms with Gasteiger partial charge < -0.3 is 9.84 Å². The standard InChI is InChI=1S/C10H11NO5S/c1-5(12)16-3-6-4-17-8-2-7(13)11(8)9(6)10(14)15/h8H,2-4H2,1H3,(H,14,15)/t8-/m0/s1. The quantitative estimate of drug-likeness (QED) is 0.574. The van der Waals surface area contributed by atoms with Gasteiger partial charge in [-0.2, -0.15) is 0 Å². The molecule has 1 atom stereocenters. The first-order valence-corrected chi connectivity index (χ1v) is 6.08. The normalized spacial score (nSPS) is 23.0. The number of hydrogen-bond acceptors (Lipinski definition) is 5. The van der Waals surface area contributed by atoms with Crippen LogP contribution in [0.1, 0.15) is 13.3 Å². The van der Waals surface area contributed by atoms with Crippen molar-refractivity contribution in [1.29, 1.82) is 0 Å². The highest BCUT2D eigenvalue weighted by Gasteiger charge is 2.45. The zero-order valence-corrected chi connectivity index (χ0v) is 9.95. The second-order valence-electron chi connectivity index (χ2n) is 3.77. The Morgan fingerprint density at radius 2 is 2.29 bits per heavy atom. The van der Waals surface area contributed by atoms with Crippen LogP contribution in [-0.2, 0) is 19.1 Å². The van der Waals surface area contributed by atoms with Gasteiger partial charge in [-0.15, -0.1) is 11.8 Å². The van der Waals surface area contributed by atoms with E-state index in [1.54, 1.807) is 0 Å². The zero-order valence-electron chi connectivity index (χ0n) is 9.13. The first-order chi connectivity index (χ1) is 8.00. The molecule has 17 heavy (non-hydrogen) atoms. The molecule has 0 aromatic heterocycles. The Labute approximate surface area is 102 Å². The summed E-state index contributed by atoms with van der Waals surface area (Å²) in [6.45, 7) is 1.19. The molecule has 1 fully saturated rings. The zero-order chi connectivity index (χ0) is 12.6. The van der Waals surface area contributed by atoms with Gasteiger partial charge in [-0.3, -0.25) is 14.5 Å². The summed E-state index contributed by atoms with van der Waals surface area (Å²) in [6, 6.07) is 0. The maximum Gasteiger partial charge on any atom is 0.352 e. The Morgan fingerprint density at radius 1 is 1.59 bits per heavy atom. The molecule has 1 N–H and O–H groups in total. The fourth-order valence-corrected chi connectivity index (χ4v) is 3.02. The number of rotatable bonds is 3. The van der Waals surface area contributed by atoms with E-state index in [-0.39, 0.29) is 23.6 Å². The summed E-state index contributed by atoms with van der Waals surface area (Å²) in [5.41, 5.74) is 0.452. The Hall–Kier alpha value is -1.50. The van der Waals surface area contributed by atoms with Crippen LogP contribution in [0.25, 0.3) is 0 Å². The molecule has 2 aliphatic heterocycles. The molecule has 0 spiro atoms. The van der Waals surface area contributed by atoms with Gasteiger partial charge in [-0.05, 0) is 0 Å². The lowest BCUT2D eigenvalue weighted by atomic mass is 10.1. The molecule has 92 valence electrons. The molecule has 2 aliphatic rings. The minimum atomic E-state index is -1.15. The van der Waals surface area contributed by atoms with Crippen molar-refractivity contribution in [2.45, 2.75) is 18.7 Å². The maximum absolute atomic E-state index is 11.4. The topological polar surface area (TPSA) is 83.9 Å². The molecule has 0 aromatic carbocycles. The summed E-state index contributed by atoms with van der Waals surface area (Å²) in [5, 5.41) is 9.04. The predicted octanol–water partition coefficient (Wildman–Crippen LogP) is 0.193.